The number of amides is 1. The second kappa shape index (κ2) is 15.6. The molecule has 3 saturated heterocycles. The van der Waals surface area contributed by atoms with Crippen molar-refractivity contribution in [3.05, 3.63) is 0 Å². The smallest absolute Gasteiger partial charge is 0.316 e. The molecule has 0 aliphatic carbocycles. The number of aliphatic hydroxyl groups is 2. The minimum atomic E-state index is -1.85. The number of rotatable bonds is 4. The first-order valence-corrected chi connectivity index (χ1v) is 16.7. The van der Waals surface area contributed by atoms with Gasteiger partial charge in [-0.3, -0.25) is 19.2 Å². The lowest BCUT2D eigenvalue weighted by molar-refractivity contribution is -0.296. The van der Waals surface area contributed by atoms with Gasteiger partial charge in [0.25, 0.3) is 0 Å². The molecule has 47 heavy (non-hydrogen) atoms. The maximum absolute atomic E-state index is 14.1. The van der Waals surface area contributed by atoms with Crippen molar-refractivity contribution >= 4 is 29.2 Å². The van der Waals surface area contributed by atoms with E-state index in [1.165, 1.54) is 20.8 Å². The maximum Gasteiger partial charge on any atom is 0.316 e. The number of aliphatic imine (C=N–C) groups is 1. The molecule has 0 aromatic carbocycles. The lowest BCUT2D eigenvalue weighted by atomic mass is 9.73. The number of likely N-dealkylation sites (N-methyl/N-ethyl adjacent to an activating group) is 1. The molecule has 0 aromatic heterocycles. The molecule has 2 unspecified atom stereocenters. The summed E-state index contributed by atoms with van der Waals surface area (Å²) in [6, 6.07) is -0.313. The molecule has 0 radical (unpaired) electrons. The Morgan fingerprint density at radius 1 is 1.06 bits per heavy atom. The highest BCUT2D eigenvalue weighted by Gasteiger charge is 2.53. The van der Waals surface area contributed by atoms with Crippen LogP contribution in [0.4, 0.5) is 0 Å². The highest BCUT2D eigenvalue weighted by Crippen LogP contribution is 2.40. The van der Waals surface area contributed by atoms with E-state index in [-0.39, 0.29) is 25.0 Å². The van der Waals surface area contributed by atoms with Gasteiger partial charge in [-0.25, -0.2) is 4.99 Å². The van der Waals surface area contributed by atoms with E-state index in [9.17, 15) is 29.4 Å². The normalized spacial score (nSPS) is 44.0. The van der Waals surface area contributed by atoms with Crippen molar-refractivity contribution < 1.29 is 53.1 Å². The molecule has 268 valence electrons. The Kier molecular flexibility index (Phi) is 13.1. The first-order chi connectivity index (χ1) is 21.7. The third kappa shape index (κ3) is 8.73. The van der Waals surface area contributed by atoms with E-state index >= 15 is 0 Å². The number of ketones is 2. The molecule has 3 aliphatic heterocycles. The number of nitrogens with zero attached hydrogens (tertiary/aromatic N) is 2. The molecule has 0 saturated carbocycles. The summed E-state index contributed by atoms with van der Waals surface area (Å²) in [7, 11) is 3.69. The second-order valence-corrected chi connectivity index (χ2v) is 14.4. The fraction of sp³-hybridized carbons (Fsp3) is 0.853. The largest absolute Gasteiger partial charge is 0.459 e. The fourth-order valence-corrected chi connectivity index (χ4v) is 7.55. The molecule has 0 spiro atoms. The fourth-order valence-electron chi connectivity index (χ4n) is 7.55. The number of hydrogen-bond donors (Lipinski definition) is 2. The van der Waals surface area contributed by atoms with Crippen LogP contribution in [0.2, 0.25) is 0 Å². The van der Waals surface area contributed by atoms with Gasteiger partial charge in [-0.15, -0.1) is 0 Å². The van der Waals surface area contributed by atoms with E-state index < -0.39 is 102 Å². The van der Waals surface area contributed by atoms with Gasteiger partial charge in [-0.05, 0) is 67.0 Å². The van der Waals surface area contributed by atoms with Gasteiger partial charge in [0.15, 0.2) is 17.9 Å². The first-order valence-electron chi connectivity index (χ1n) is 16.7. The topological polar surface area (TPSA) is 170 Å². The van der Waals surface area contributed by atoms with Crippen LogP contribution in [0, 0.1) is 23.7 Å². The van der Waals surface area contributed by atoms with Crippen LogP contribution >= 0.6 is 0 Å². The summed E-state index contributed by atoms with van der Waals surface area (Å²) in [6.45, 7) is 13.8. The Morgan fingerprint density at radius 3 is 2.28 bits per heavy atom. The highest BCUT2D eigenvalue weighted by molar-refractivity contribution is 6.00. The van der Waals surface area contributed by atoms with Crippen molar-refractivity contribution in [1.29, 1.82) is 0 Å². The van der Waals surface area contributed by atoms with Crippen molar-refractivity contribution in [2.45, 2.75) is 136 Å². The Labute approximate surface area is 278 Å². The average molecular weight is 669 g/mol. The van der Waals surface area contributed by atoms with Crippen molar-refractivity contribution in [3.8, 4) is 0 Å². The van der Waals surface area contributed by atoms with Crippen LogP contribution in [-0.4, -0.2) is 126 Å². The molecular weight excluding hydrogens is 612 g/mol. The Morgan fingerprint density at radius 2 is 1.70 bits per heavy atom. The van der Waals surface area contributed by atoms with Crippen LogP contribution in [0.25, 0.3) is 0 Å². The lowest BCUT2D eigenvalue weighted by Crippen LogP contribution is -2.60. The molecule has 1 amide bonds. The van der Waals surface area contributed by atoms with E-state index in [0.717, 1.165) is 0 Å². The molecule has 13 nitrogen and oxygen atoms in total. The zero-order valence-electron chi connectivity index (χ0n) is 29.8. The lowest BCUT2D eigenvalue weighted by Gasteiger charge is -2.47. The second-order valence-electron chi connectivity index (χ2n) is 14.4. The van der Waals surface area contributed by atoms with Gasteiger partial charge in [-0.1, -0.05) is 27.7 Å². The van der Waals surface area contributed by atoms with E-state index in [0.29, 0.717) is 12.1 Å². The number of ether oxygens (including phenoxy) is 5. The van der Waals surface area contributed by atoms with Crippen molar-refractivity contribution in [1.82, 2.24) is 4.90 Å². The molecule has 3 aliphatic rings. The van der Waals surface area contributed by atoms with Gasteiger partial charge in [0.1, 0.15) is 36.9 Å². The van der Waals surface area contributed by atoms with Crippen molar-refractivity contribution in [3.63, 3.8) is 0 Å². The standard InChI is InChI=1S/C34H56N2O11/c1-12-25-34(9,42)30-19(4)26(35-22(7)37)17(2)14-33(8,44-16-23(38)15-43-30)29(20(5)27(39)21(6)31(41)46-25)47-32-28(40)24(36(10)11)13-18(3)45-32/h17-21,24-25,28-30,32,40,42H,12-16H2,1-11H3/t17-,18-,19+,20+,21-,24+,25-,28-,29-,30?,32+,33?,34-/m1/s1. The Bertz CT molecular complexity index is 1190. The predicted octanol–water partition coefficient (Wildman–Crippen LogP) is 2.12. The van der Waals surface area contributed by atoms with Crippen LogP contribution in [-0.2, 0) is 42.9 Å². The molecule has 2 N–H and O–H groups in total. The molecule has 2 bridgehead atoms. The molecule has 0 aromatic rings. The molecular formula is C34H56N2O11. The van der Waals surface area contributed by atoms with E-state index in [1.54, 1.807) is 27.7 Å². The Balaban J connectivity index is 2.29. The van der Waals surface area contributed by atoms with E-state index in [1.807, 2.05) is 32.8 Å². The third-order valence-corrected chi connectivity index (χ3v) is 10.1. The first kappa shape index (κ1) is 39.3. The minimum Gasteiger partial charge on any atom is -0.459 e. The number of carbonyl (C=O) groups excluding carboxylic acids is 4. The monoisotopic (exact) mass is 668 g/mol. The molecule has 3 heterocycles. The average Bonchev–Trinajstić information content (AvgIpc) is 3.00. The summed E-state index contributed by atoms with van der Waals surface area (Å²) < 4.78 is 31.0. The van der Waals surface area contributed by atoms with E-state index in [2.05, 4.69) is 4.99 Å². The minimum absolute atomic E-state index is 0.111. The summed E-state index contributed by atoms with van der Waals surface area (Å²) in [5.74, 6) is -5.80. The Hall–Kier alpha value is -2.13. The van der Waals surface area contributed by atoms with Gasteiger partial charge < -0.3 is 38.8 Å². The number of esters is 1. The molecule has 3 rings (SSSR count). The van der Waals surface area contributed by atoms with Gasteiger partial charge in [0, 0.05) is 30.5 Å². The summed E-state index contributed by atoms with van der Waals surface area (Å²) in [6.07, 6.45) is -5.15. The number of aliphatic hydroxyl groups excluding tert-OH is 1. The van der Waals surface area contributed by atoms with Crippen LogP contribution in [0.1, 0.15) is 81.6 Å². The number of cyclic esters (lactones) is 1. The summed E-state index contributed by atoms with van der Waals surface area (Å²) in [5.41, 5.74) is -2.88. The number of hydrogen-bond acceptors (Lipinski definition) is 12. The van der Waals surface area contributed by atoms with Crippen molar-refractivity contribution in [2.24, 2.45) is 28.7 Å². The van der Waals surface area contributed by atoms with E-state index in [4.69, 9.17) is 23.7 Å². The van der Waals surface area contributed by atoms with Gasteiger partial charge in [0.05, 0.1) is 23.9 Å². The summed E-state index contributed by atoms with van der Waals surface area (Å²) in [4.78, 5) is 59.7. The zero-order valence-corrected chi connectivity index (χ0v) is 29.8. The summed E-state index contributed by atoms with van der Waals surface area (Å²) in [5, 5.41) is 23.4. The van der Waals surface area contributed by atoms with Gasteiger partial charge in [-0.2, -0.15) is 0 Å². The third-order valence-electron chi connectivity index (χ3n) is 10.1. The predicted molar refractivity (Wildman–Crippen MR) is 172 cm³/mol. The molecule has 13 atom stereocenters. The van der Waals surface area contributed by atoms with Crippen LogP contribution in [0.15, 0.2) is 4.99 Å². The number of Topliss-reactive ketones (excluding diaryl/α,β-unsaturated/α-hetero) is 2. The highest BCUT2D eigenvalue weighted by atomic mass is 16.7. The van der Waals surface area contributed by atoms with Crippen molar-refractivity contribution in [2.75, 3.05) is 27.3 Å². The summed E-state index contributed by atoms with van der Waals surface area (Å²) >= 11 is 0. The number of carbonyl (C=O) groups is 4. The van der Waals surface area contributed by atoms with Crippen LogP contribution < -0.4 is 0 Å². The van der Waals surface area contributed by atoms with Gasteiger partial charge in [0.2, 0.25) is 5.91 Å². The molecule has 3 fully saturated rings. The number of fused-ring (bicyclic) bond motifs is 5. The van der Waals surface area contributed by atoms with Gasteiger partial charge >= 0.3 is 5.97 Å². The van der Waals surface area contributed by atoms with Crippen LogP contribution in [0.5, 0.6) is 0 Å². The molecule has 13 heteroatoms. The quantitative estimate of drug-likeness (QED) is 0.331. The maximum atomic E-state index is 14.1. The zero-order chi connectivity index (χ0) is 35.6. The SMILES string of the molecule is CC[C@H]1OC(=O)[C@H](C)C(=O)[C@H](C)[C@@H](O[C@@H]2O[C@H](C)C[C@H](N(C)C)[C@H]2O)C2(C)C[C@@H](C)C(=NC(C)=O)[C@H](C)C(OCC(=O)CO2)[C@]1(C)O. The van der Waals surface area contributed by atoms with Crippen LogP contribution in [0.3, 0.4) is 0 Å².